The molecule has 0 atom stereocenters. The van der Waals surface area contributed by atoms with Crippen LogP contribution >= 0.6 is 27.3 Å². The summed E-state index contributed by atoms with van der Waals surface area (Å²) in [5.74, 6) is 0.883. The highest BCUT2D eigenvalue weighted by atomic mass is 79.9. The molecule has 21 heavy (non-hydrogen) atoms. The smallest absolute Gasteiger partial charge is 0.131 e. The topological polar surface area (TPSA) is 43.4 Å². The maximum absolute atomic E-state index is 5.90. The van der Waals surface area contributed by atoms with E-state index in [0.717, 1.165) is 39.6 Å². The fourth-order valence-corrected chi connectivity index (χ4v) is 2.86. The summed E-state index contributed by atoms with van der Waals surface area (Å²) in [4.78, 5) is 4.41. The van der Waals surface area contributed by atoms with E-state index in [-0.39, 0.29) is 0 Å². The van der Waals surface area contributed by atoms with Crippen LogP contribution in [0.15, 0.2) is 28.1 Å². The van der Waals surface area contributed by atoms with Crippen LogP contribution < -0.4 is 10.1 Å². The molecule has 0 saturated carbocycles. The second kappa shape index (κ2) is 8.48. The number of nitrogens with one attached hydrogen (secondary N) is 1. The van der Waals surface area contributed by atoms with E-state index in [4.69, 9.17) is 9.47 Å². The summed E-state index contributed by atoms with van der Waals surface area (Å²) in [5.41, 5.74) is 2.09. The van der Waals surface area contributed by atoms with Crippen LogP contribution in [0.5, 0.6) is 5.75 Å². The van der Waals surface area contributed by atoms with Crippen LogP contribution in [-0.2, 0) is 17.9 Å². The molecule has 0 bridgehead atoms. The lowest BCUT2D eigenvalue weighted by Crippen LogP contribution is -2.19. The first-order chi connectivity index (χ1) is 10.2. The van der Waals surface area contributed by atoms with Crippen LogP contribution in [0.25, 0.3) is 0 Å². The van der Waals surface area contributed by atoms with Gasteiger partial charge in [0.1, 0.15) is 12.4 Å². The number of ether oxygens (including phenoxy) is 2. The van der Waals surface area contributed by atoms with E-state index < -0.39 is 0 Å². The van der Waals surface area contributed by atoms with Crippen LogP contribution in [-0.4, -0.2) is 25.2 Å². The molecular formula is C15H19BrN2O2S. The van der Waals surface area contributed by atoms with E-state index in [1.54, 1.807) is 18.4 Å². The summed E-state index contributed by atoms with van der Waals surface area (Å²) in [7, 11) is 1.70. The molecule has 0 saturated heterocycles. The van der Waals surface area contributed by atoms with E-state index in [1.165, 1.54) is 0 Å². The molecule has 2 aromatic rings. The van der Waals surface area contributed by atoms with E-state index in [9.17, 15) is 0 Å². The van der Waals surface area contributed by atoms with Crippen LogP contribution in [0.3, 0.4) is 0 Å². The third-order valence-corrected chi connectivity index (χ3v) is 4.18. The Morgan fingerprint density at radius 3 is 2.95 bits per heavy atom. The molecule has 114 valence electrons. The number of hydrogen-bond donors (Lipinski definition) is 1. The lowest BCUT2D eigenvalue weighted by Gasteiger charge is -2.12. The first-order valence-corrected chi connectivity index (χ1v) is 8.38. The number of rotatable bonds is 8. The highest BCUT2D eigenvalue weighted by molar-refractivity contribution is 9.10. The Labute approximate surface area is 137 Å². The minimum Gasteiger partial charge on any atom is -0.487 e. The second-order valence-corrected chi connectivity index (χ2v) is 6.55. The summed E-state index contributed by atoms with van der Waals surface area (Å²) in [6.07, 6.45) is 0. The minimum atomic E-state index is 0.497. The highest BCUT2D eigenvalue weighted by Crippen LogP contribution is 2.24. The number of aromatic nitrogens is 1. The fourth-order valence-electron chi connectivity index (χ4n) is 1.85. The lowest BCUT2D eigenvalue weighted by molar-refractivity contribution is 0.199. The van der Waals surface area contributed by atoms with E-state index in [1.807, 2.05) is 24.4 Å². The van der Waals surface area contributed by atoms with Crippen molar-refractivity contribution in [1.82, 2.24) is 10.3 Å². The van der Waals surface area contributed by atoms with Gasteiger partial charge in [0.25, 0.3) is 0 Å². The van der Waals surface area contributed by atoms with E-state index >= 15 is 0 Å². The van der Waals surface area contributed by atoms with Crippen molar-refractivity contribution in [2.75, 3.05) is 20.3 Å². The SMILES string of the molecule is COCCNCc1cc(Br)ccc1OCc1csc(C)n1. The molecule has 0 aliphatic heterocycles. The Balaban J connectivity index is 1.97. The van der Waals surface area contributed by atoms with Crippen molar-refractivity contribution in [2.45, 2.75) is 20.1 Å². The molecule has 1 aromatic carbocycles. The van der Waals surface area contributed by atoms with Crippen molar-refractivity contribution in [3.63, 3.8) is 0 Å². The van der Waals surface area contributed by atoms with Crippen molar-refractivity contribution in [2.24, 2.45) is 0 Å². The highest BCUT2D eigenvalue weighted by Gasteiger charge is 2.06. The molecule has 0 aliphatic rings. The van der Waals surface area contributed by atoms with Crippen molar-refractivity contribution < 1.29 is 9.47 Å². The van der Waals surface area contributed by atoms with E-state index in [0.29, 0.717) is 13.2 Å². The lowest BCUT2D eigenvalue weighted by atomic mass is 10.2. The molecule has 0 fully saturated rings. The summed E-state index contributed by atoms with van der Waals surface area (Å²) in [6.45, 7) is 4.75. The predicted molar refractivity (Wildman–Crippen MR) is 88.9 cm³/mol. The molecule has 1 N–H and O–H groups in total. The van der Waals surface area contributed by atoms with Gasteiger partial charge in [-0.05, 0) is 25.1 Å². The normalized spacial score (nSPS) is 10.8. The molecule has 0 unspecified atom stereocenters. The monoisotopic (exact) mass is 370 g/mol. The van der Waals surface area contributed by atoms with Gasteiger partial charge in [-0.1, -0.05) is 15.9 Å². The first kappa shape index (κ1) is 16.4. The average molecular weight is 371 g/mol. The van der Waals surface area contributed by atoms with Gasteiger partial charge in [0, 0.05) is 35.6 Å². The zero-order valence-corrected chi connectivity index (χ0v) is 14.6. The number of halogens is 1. The molecule has 2 rings (SSSR count). The molecule has 1 aromatic heterocycles. The molecule has 0 aliphatic carbocycles. The number of nitrogens with zero attached hydrogens (tertiary/aromatic N) is 1. The minimum absolute atomic E-state index is 0.497. The largest absolute Gasteiger partial charge is 0.487 e. The van der Waals surface area contributed by atoms with Gasteiger partial charge in [0.15, 0.2) is 0 Å². The Morgan fingerprint density at radius 1 is 1.38 bits per heavy atom. The van der Waals surface area contributed by atoms with Crippen LogP contribution in [0.1, 0.15) is 16.3 Å². The van der Waals surface area contributed by atoms with Crippen molar-refractivity contribution in [1.29, 1.82) is 0 Å². The average Bonchev–Trinajstić information content (AvgIpc) is 2.88. The molecule has 0 radical (unpaired) electrons. The second-order valence-electron chi connectivity index (χ2n) is 4.57. The number of benzene rings is 1. The Bertz CT molecular complexity index is 575. The van der Waals surface area contributed by atoms with Gasteiger partial charge in [-0.25, -0.2) is 4.98 Å². The van der Waals surface area contributed by atoms with Crippen LogP contribution in [0, 0.1) is 6.92 Å². The van der Waals surface area contributed by atoms with Gasteiger partial charge in [-0.15, -0.1) is 11.3 Å². The molecule has 0 amide bonds. The molecule has 6 heteroatoms. The third kappa shape index (κ3) is 5.39. The number of methoxy groups -OCH3 is 1. The van der Waals surface area contributed by atoms with Gasteiger partial charge < -0.3 is 14.8 Å². The maximum Gasteiger partial charge on any atom is 0.131 e. The molecular weight excluding hydrogens is 352 g/mol. The van der Waals surface area contributed by atoms with E-state index in [2.05, 4.69) is 32.3 Å². The van der Waals surface area contributed by atoms with Gasteiger partial charge in [-0.3, -0.25) is 0 Å². The van der Waals surface area contributed by atoms with Gasteiger partial charge in [-0.2, -0.15) is 0 Å². The van der Waals surface area contributed by atoms with Crippen LogP contribution in [0.2, 0.25) is 0 Å². The number of thiazole rings is 1. The van der Waals surface area contributed by atoms with Crippen molar-refractivity contribution in [3.05, 3.63) is 44.3 Å². The Hall–Kier alpha value is -0.950. The number of hydrogen-bond acceptors (Lipinski definition) is 5. The van der Waals surface area contributed by atoms with Gasteiger partial charge in [0.2, 0.25) is 0 Å². The quantitative estimate of drug-likeness (QED) is 0.721. The summed E-state index contributed by atoms with van der Waals surface area (Å²) >= 11 is 5.14. The van der Waals surface area contributed by atoms with Crippen molar-refractivity contribution >= 4 is 27.3 Å². The summed E-state index contributed by atoms with van der Waals surface area (Å²) < 4.78 is 12.0. The summed E-state index contributed by atoms with van der Waals surface area (Å²) in [5, 5.41) is 6.43. The molecule has 4 nitrogen and oxygen atoms in total. The zero-order chi connectivity index (χ0) is 15.1. The van der Waals surface area contributed by atoms with Crippen LogP contribution in [0.4, 0.5) is 0 Å². The Morgan fingerprint density at radius 2 is 2.24 bits per heavy atom. The van der Waals surface area contributed by atoms with Gasteiger partial charge >= 0.3 is 0 Å². The standard InChI is InChI=1S/C15H19BrN2O2S/c1-11-18-14(10-21-11)9-20-15-4-3-13(16)7-12(15)8-17-5-6-19-2/h3-4,7,10,17H,5-6,8-9H2,1-2H3. The number of aryl methyl sites for hydroxylation is 1. The molecule has 0 spiro atoms. The first-order valence-electron chi connectivity index (χ1n) is 6.71. The third-order valence-electron chi connectivity index (χ3n) is 2.86. The predicted octanol–water partition coefficient (Wildman–Crippen LogP) is 3.53. The zero-order valence-electron chi connectivity index (χ0n) is 12.2. The maximum atomic E-state index is 5.90. The summed E-state index contributed by atoms with van der Waals surface area (Å²) in [6, 6.07) is 6.04. The van der Waals surface area contributed by atoms with Gasteiger partial charge in [0.05, 0.1) is 17.3 Å². The molecule has 1 heterocycles. The van der Waals surface area contributed by atoms with Crippen molar-refractivity contribution in [3.8, 4) is 5.75 Å². The Kier molecular flexibility index (Phi) is 6.63. The fraction of sp³-hybridized carbons (Fsp3) is 0.400.